The molecule has 114 valence electrons. The van der Waals surface area contributed by atoms with Crippen LogP contribution < -0.4 is 10.3 Å². The zero-order valence-electron chi connectivity index (χ0n) is 11.6. The van der Waals surface area contributed by atoms with Crippen LogP contribution in [0.3, 0.4) is 0 Å². The molecule has 0 radical (unpaired) electrons. The van der Waals surface area contributed by atoms with Crippen molar-refractivity contribution in [2.75, 3.05) is 0 Å². The predicted octanol–water partition coefficient (Wildman–Crippen LogP) is 2.04. The van der Waals surface area contributed by atoms with Gasteiger partial charge in [-0.05, 0) is 31.2 Å². The Morgan fingerprint density at radius 3 is 2.82 bits per heavy atom. The molecular weight excluding hydrogens is 324 g/mol. The highest BCUT2D eigenvalue weighted by Gasteiger charge is 2.15. The maximum atomic E-state index is 12.3. The van der Waals surface area contributed by atoms with Gasteiger partial charge in [-0.2, -0.15) is 0 Å². The third-order valence-corrected chi connectivity index (χ3v) is 5.32. The van der Waals surface area contributed by atoms with Gasteiger partial charge >= 0.3 is 5.63 Å². The van der Waals surface area contributed by atoms with Crippen molar-refractivity contribution in [3.63, 3.8) is 0 Å². The number of aryl methyl sites for hydroxylation is 1. The molecule has 0 saturated carbocycles. The molecule has 1 N–H and O–H groups in total. The Bertz CT molecular complexity index is 989. The van der Waals surface area contributed by atoms with E-state index in [1.54, 1.807) is 6.20 Å². The summed E-state index contributed by atoms with van der Waals surface area (Å²) in [6.45, 7) is 2.05. The number of sulfonamides is 1. The number of hydrogen-bond acceptors (Lipinski definition) is 6. The number of fused-ring (bicyclic) bond motifs is 1. The minimum Gasteiger partial charge on any atom is -0.423 e. The van der Waals surface area contributed by atoms with E-state index in [1.807, 2.05) is 6.92 Å². The molecule has 0 unspecified atom stereocenters. The van der Waals surface area contributed by atoms with Crippen molar-refractivity contribution in [1.82, 2.24) is 9.71 Å². The van der Waals surface area contributed by atoms with Crippen LogP contribution in [-0.4, -0.2) is 13.4 Å². The summed E-state index contributed by atoms with van der Waals surface area (Å²) in [6.07, 6.45) is 1.65. The fourth-order valence-electron chi connectivity index (χ4n) is 1.95. The van der Waals surface area contributed by atoms with Gasteiger partial charge in [0, 0.05) is 29.1 Å². The van der Waals surface area contributed by atoms with Crippen molar-refractivity contribution in [3.8, 4) is 0 Å². The topological polar surface area (TPSA) is 89.3 Å². The summed E-state index contributed by atoms with van der Waals surface area (Å²) >= 11 is 1.44. The first-order chi connectivity index (χ1) is 10.4. The summed E-state index contributed by atoms with van der Waals surface area (Å²) in [5.74, 6) is 0. The van der Waals surface area contributed by atoms with E-state index in [9.17, 15) is 13.2 Å². The maximum absolute atomic E-state index is 12.3. The lowest BCUT2D eigenvalue weighted by Gasteiger charge is -2.06. The average Bonchev–Trinajstić information content (AvgIpc) is 2.90. The highest BCUT2D eigenvalue weighted by molar-refractivity contribution is 7.89. The first kappa shape index (κ1) is 14.9. The van der Waals surface area contributed by atoms with E-state index in [0.29, 0.717) is 11.0 Å². The molecule has 0 aliphatic rings. The third kappa shape index (κ3) is 3.08. The number of rotatable bonds is 4. The summed E-state index contributed by atoms with van der Waals surface area (Å²) in [5.41, 5.74) is -0.119. The van der Waals surface area contributed by atoms with E-state index in [-0.39, 0.29) is 11.4 Å². The summed E-state index contributed by atoms with van der Waals surface area (Å²) in [4.78, 5) is 16.2. The van der Waals surface area contributed by atoms with Gasteiger partial charge in [0.2, 0.25) is 10.0 Å². The molecule has 0 atom stereocenters. The van der Waals surface area contributed by atoms with E-state index in [1.165, 1.54) is 41.7 Å². The third-order valence-electron chi connectivity index (χ3n) is 3.01. The van der Waals surface area contributed by atoms with Gasteiger partial charge in [0.25, 0.3) is 0 Å². The van der Waals surface area contributed by atoms with Crippen LogP contribution in [-0.2, 0) is 16.6 Å². The molecule has 3 aromatic rings. The van der Waals surface area contributed by atoms with Gasteiger partial charge in [-0.3, -0.25) is 0 Å². The SMILES string of the molecule is Cc1ncc(CNS(=O)(=O)c2ccc3oc(=O)ccc3c2)s1. The minimum absolute atomic E-state index is 0.120. The van der Waals surface area contributed by atoms with Gasteiger partial charge < -0.3 is 4.42 Å². The van der Waals surface area contributed by atoms with E-state index < -0.39 is 15.6 Å². The molecule has 0 aliphatic carbocycles. The summed E-state index contributed by atoms with van der Waals surface area (Å²) in [6, 6.07) is 7.14. The predicted molar refractivity (Wildman–Crippen MR) is 83.4 cm³/mol. The van der Waals surface area contributed by atoms with Crippen LogP contribution in [0.1, 0.15) is 9.88 Å². The fourth-order valence-corrected chi connectivity index (χ4v) is 3.82. The number of hydrogen-bond donors (Lipinski definition) is 1. The fraction of sp³-hybridized carbons (Fsp3) is 0.143. The van der Waals surface area contributed by atoms with Crippen molar-refractivity contribution in [2.45, 2.75) is 18.4 Å². The molecule has 0 amide bonds. The van der Waals surface area contributed by atoms with Crippen molar-refractivity contribution in [3.05, 3.63) is 56.8 Å². The molecule has 22 heavy (non-hydrogen) atoms. The minimum atomic E-state index is -3.64. The molecule has 2 aromatic heterocycles. The van der Waals surface area contributed by atoms with Crippen molar-refractivity contribution < 1.29 is 12.8 Å². The van der Waals surface area contributed by atoms with Gasteiger partial charge in [0.15, 0.2) is 0 Å². The quantitative estimate of drug-likeness (QED) is 0.736. The lowest BCUT2D eigenvalue weighted by Crippen LogP contribution is -2.22. The van der Waals surface area contributed by atoms with Gasteiger partial charge in [-0.1, -0.05) is 0 Å². The zero-order chi connectivity index (χ0) is 15.7. The Balaban J connectivity index is 1.88. The second-order valence-electron chi connectivity index (χ2n) is 4.62. The molecule has 0 saturated heterocycles. The van der Waals surface area contributed by atoms with Gasteiger partial charge in [0.1, 0.15) is 5.58 Å². The molecule has 0 bridgehead atoms. The van der Waals surface area contributed by atoms with E-state index >= 15 is 0 Å². The Labute approximate surface area is 130 Å². The molecule has 0 fully saturated rings. The number of benzene rings is 1. The second-order valence-corrected chi connectivity index (χ2v) is 7.71. The van der Waals surface area contributed by atoms with Crippen LogP contribution in [0, 0.1) is 6.92 Å². The van der Waals surface area contributed by atoms with Gasteiger partial charge in [-0.25, -0.2) is 22.9 Å². The van der Waals surface area contributed by atoms with Crippen LogP contribution in [0.5, 0.6) is 0 Å². The van der Waals surface area contributed by atoms with E-state index in [4.69, 9.17) is 4.42 Å². The highest BCUT2D eigenvalue weighted by Crippen LogP contribution is 2.18. The van der Waals surface area contributed by atoms with Crippen LogP contribution in [0.4, 0.5) is 0 Å². The monoisotopic (exact) mass is 336 g/mol. The van der Waals surface area contributed by atoms with Gasteiger partial charge in [0.05, 0.1) is 9.90 Å². The van der Waals surface area contributed by atoms with E-state index in [2.05, 4.69) is 9.71 Å². The largest absolute Gasteiger partial charge is 0.423 e. The highest BCUT2D eigenvalue weighted by atomic mass is 32.2. The molecule has 0 spiro atoms. The molecule has 8 heteroatoms. The molecule has 6 nitrogen and oxygen atoms in total. The Hall–Kier alpha value is -2.03. The molecule has 3 rings (SSSR count). The average molecular weight is 336 g/mol. The van der Waals surface area contributed by atoms with Gasteiger partial charge in [-0.15, -0.1) is 11.3 Å². The van der Waals surface area contributed by atoms with Crippen LogP contribution in [0.2, 0.25) is 0 Å². The number of nitrogens with zero attached hydrogens (tertiary/aromatic N) is 1. The second kappa shape index (κ2) is 5.64. The summed E-state index contributed by atoms with van der Waals surface area (Å²) < 4.78 is 32.1. The van der Waals surface area contributed by atoms with E-state index in [0.717, 1.165) is 9.88 Å². The summed E-state index contributed by atoms with van der Waals surface area (Å²) in [7, 11) is -3.64. The van der Waals surface area contributed by atoms with Crippen molar-refractivity contribution in [1.29, 1.82) is 0 Å². The molecule has 2 heterocycles. The lowest BCUT2D eigenvalue weighted by molar-refractivity contribution is 0.560. The molecule has 1 aromatic carbocycles. The number of aromatic nitrogens is 1. The molecule has 0 aliphatic heterocycles. The maximum Gasteiger partial charge on any atom is 0.336 e. The first-order valence-electron chi connectivity index (χ1n) is 6.39. The number of nitrogens with one attached hydrogen (secondary N) is 1. The Morgan fingerprint density at radius 2 is 2.09 bits per heavy atom. The van der Waals surface area contributed by atoms with Crippen molar-refractivity contribution in [2.24, 2.45) is 0 Å². The normalized spacial score (nSPS) is 11.9. The Morgan fingerprint density at radius 1 is 1.27 bits per heavy atom. The zero-order valence-corrected chi connectivity index (χ0v) is 13.2. The first-order valence-corrected chi connectivity index (χ1v) is 8.69. The summed E-state index contributed by atoms with van der Waals surface area (Å²) in [5, 5.41) is 1.44. The Kier molecular flexibility index (Phi) is 3.81. The van der Waals surface area contributed by atoms with Crippen LogP contribution >= 0.6 is 11.3 Å². The van der Waals surface area contributed by atoms with Crippen molar-refractivity contribution >= 4 is 32.3 Å². The standard InChI is InChI=1S/C14H12N2O4S2/c1-9-15-7-11(21-9)8-16-22(18,19)12-3-4-13-10(6-12)2-5-14(17)20-13/h2-7,16H,8H2,1H3. The smallest absolute Gasteiger partial charge is 0.336 e. The van der Waals surface area contributed by atoms with Crippen LogP contribution in [0.15, 0.2) is 50.6 Å². The number of thiazole rings is 1. The van der Waals surface area contributed by atoms with Crippen LogP contribution in [0.25, 0.3) is 11.0 Å². The molecular formula is C14H12N2O4S2. The lowest BCUT2D eigenvalue weighted by atomic mass is 10.2.